The fourth-order valence-corrected chi connectivity index (χ4v) is 1.38. The highest BCUT2D eigenvalue weighted by Gasteiger charge is 1.94. The van der Waals surface area contributed by atoms with Crippen LogP contribution in [0.15, 0.2) is 24.3 Å². The van der Waals surface area contributed by atoms with Crippen LogP contribution in [0, 0.1) is 0 Å². The van der Waals surface area contributed by atoms with Gasteiger partial charge in [-0.25, -0.2) is 0 Å². The highest BCUT2D eigenvalue weighted by atomic mass is 16.5. The summed E-state index contributed by atoms with van der Waals surface area (Å²) in [5.74, 6) is 0. The minimum atomic E-state index is 0.721. The molecular weight excluding hydrogens is 186 g/mol. The number of nitrogens with one attached hydrogen (secondary N) is 1. The maximum absolute atomic E-state index is 5.34. The molecule has 1 rings (SSSR count). The molecule has 0 amide bonds. The Morgan fingerprint density at radius 2 is 1.73 bits per heavy atom. The van der Waals surface area contributed by atoms with Gasteiger partial charge in [0.05, 0.1) is 6.61 Å². The highest BCUT2D eigenvalue weighted by Crippen LogP contribution is 2.05. The van der Waals surface area contributed by atoms with Crippen molar-refractivity contribution < 1.29 is 4.74 Å². The lowest BCUT2D eigenvalue weighted by molar-refractivity contribution is 0.134. The number of rotatable bonds is 7. The van der Waals surface area contributed by atoms with E-state index >= 15 is 0 Å². The minimum Gasteiger partial charge on any atom is -0.377 e. The van der Waals surface area contributed by atoms with Gasteiger partial charge < -0.3 is 10.1 Å². The zero-order valence-corrected chi connectivity index (χ0v) is 9.75. The van der Waals surface area contributed by atoms with Crippen LogP contribution in [0.1, 0.15) is 31.4 Å². The Morgan fingerprint density at radius 3 is 2.33 bits per heavy atom. The van der Waals surface area contributed by atoms with Crippen LogP contribution in [0.2, 0.25) is 0 Å². The molecule has 0 aliphatic rings. The average molecular weight is 207 g/mol. The van der Waals surface area contributed by atoms with Gasteiger partial charge in [0, 0.05) is 13.2 Å². The molecule has 0 aromatic heterocycles. The molecule has 0 fully saturated rings. The van der Waals surface area contributed by atoms with Crippen molar-refractivity contribution in [2.24, 2.45) is 0 Å². The molecule has 0 atom stereocenters. The zero-order chi connectivity index (χ0) is 10.9. The summed E-state index contributed by atoms with van der Waals surface area (Å²) in [6.45, 7) is 7.74. The second-order valence-corrected chi connectivity index (χ2v) is 3.63. The molecule has 0 aliphatic heterocycles. The van der Waals surface area contributed by atoms with Crippen LogP contribution in [-0.4, -0.2) is 13.2 Å². The molecule has 2 heteroatoms. The predicted molar refractivity (Wildman–Crippen MR) is 63.8 cm³/mol. The van der Waals surface area contributed by atoms with Crippen molar-refractivity contribution in [3.63, 3.8) is 0 Å². The molecule has 1 N–H and O–H groups in total. The Kier molecular flexibility index (Phi) is 6.05. The molecule has 0 radical (unpaired) electrons. The Bertz CT molecular complexity index is 256. The molecule has 1 aromatic rings. The van der Waals surface area contributed by atoms with Crippen LogP contribution in [-0.2, 0) is 17.9 Å². The second-order valence-electron chi connectivity index (χ2n) is 3.63. The summed E-state index contributed by atoms with van der Waals surface area (Å²) in [5.41, 5.74) is 2.58. The molecule has 0 bridgehead atoms. The molecule has 0 heterocycles. The summed E-state index contributed by atoms with van der Waals surface area (Å²) in [4.78, 5) is 0. The monoisotopic (exact) mass is 207 g/mol. The van der Waals surface area contributed by atoms with Crippen LogP contribution in [0.3, 0.4) is 0 Å². The van der Waals surface area contributed by atoms with E-state index in [9.17, 15) is 0 Å². The van der Waals surface area contributed by atoms with Crippen LogP contribution >= 0.6 is 0 Å². The molecule has 15 heavy (non-hydrogen) atoms. The topological polar surface area (TPSA) is 21.3 Å². The van der Waals surface area contributed by atoms with Gasteiger partial charge >= 0.3 is 0 Å². The maximum atomic E-state index is 5.34. The van der Waals surface area contributed by atoms with Gasteiger partial charge in [-0.15, -0.1) is 0 Å². The van der Waals surface area contributed by atoms with Crippen LogP contribution in [0.25, 0.3) is 0 Å². The lowest BCUT2D eigenvalue weighted by Crippen LogP contribution is -2.13. The minimum absolute atomic E-state index is 0.721. The van der Waals surface area contributed by atoms with Gasteiger partial charge in [0.25, 0.3) is 0 Å². The number of ether oxygens (including phenoxy) is 1. The maximum Gasteiger partial charge on any atom is 0.0716 e. The number of benzene rings is 1. The van der Waals surface area contributed by atoms with Crippen LogP contribution < -0.4 is 5.32 Å². The standard InChI is InChI=1S/C13H21NO/c1-3-9-14-10-12-5-7-13(8-6-12)11-15-4-2/h5-8,14H,3-4,9-11H2,1-2H3. The molecule has 0 aliphatic carbocycles. The van der Waals surface area contributed by atoms with Crippen molar-refractivity contribution in [2.45, 2.75) is 33.4 Å². The van der Waals surface area contributed by atoms with Crippen LogP contribution in [0.4, 0.5) is 0 Å². The van der Waals surface area contributed by atoms with E-state index in [0.717, 1.165) is 26.3 Å². The normalized spacial score (nSPS) is 10.5. The Morgan fingerprint density at radius 1 is 1.07 bits per heavy atom. The van der Waals surface area contributed by atoms with E-state index in [1.807, 2.05) is 6.92 Å². The smallest absolute Gasteiger partial charge is 0.0716 e. The van der Waals surface area contributed by atoms with E-state index in [1.54, 1.807) is 0 Å². The zero-order valence-electron chi connectivity index (χ0n) is 9.75. The van der Waals surface area contributed by atoms with E-state index in [2.05, 4.69) is 36.5 Å². The largest absolute Gasteiger partial charge is 0.377 e. The molecule has 0 saturated carbocycles. The highest BCUT2D eigenvalue weighted by molar-refractivity contribution is 5.21. The molecule has 0 spiro atoms. The number of hydrogen-bond donors (Lipinski definition) is 1. The summed E-state index contributed by atoms with van der Waals surface area (Å²) < 4.78 is 5.34. The number of hydrogen-bond acceptors (Lipinski definition) is 2. The van der Waals surface area contributed by atoms with Gasteiger partial charge in [0.15, 0.2) is 0 Å². The second kappa shape index (κ2) is 7.43. The van der Waals surface area contributed by atoms with Gasteiger partial charge in [-0.1, -0.05) is 31.2 Å². The van der Waals surface area contributed by atoms with E-state index in [-0.39, 0.29) is 0 Å². The van der Waals surface area contributed by atoms with Crippen molar-refractivity contribution >= 4 is 0 Å². The lowest BCUT2D eigenvalue weighted by Gasteiger charge is -2.05. The van der Waals surface area contributed by atoms with E-state index in [1.165, 1.54) is 17.5 Å². The summed E-state index contributed by atoms with van der Waals surface area (Å²) in [6, 6.07) is 8.60. The van der Waals surface area contributed by atoms with Gasteiger partial charge in [-0.3, -0.25) is 0 Å². The Hall–Kier alpha value is -0.860. The van der Waals surface area contributed by atoms with Crippen molar-refractivity contribution in [1.82, 2.24) is 5.32 Å². The first kappa shape index (κ1) is 12.2. The van der Waals surface area contributed by atoms with Gasteiger partial charge in [-0.2, -0.15) is 0 Å². The van der Waals surface area contributed by atoms with Crippen LogP contribution in [0.5, 0.6) is 0 Å². The third-order valence-electron chi connectivity index (χ3n) is 2.25. The summed E-state index contributed by atoms with van der Waals surface area (Å²) in [6.07, 6.45) is 1.18. The fraction of sp³-hybridized carbons (Fsp3) is 0.538. The first-order chi connectivity index (χ1) is 7.36. The van der Waals surface area contributed by atoms with Crippen molar-refractivity contribution in [3.8, 4) is 0 Å². The van der Waals surface area contributed by atoms with Crippen molar-refractivity contribution in [3.05, 3.63) is 35.4 Å². The molecular formula is C13H21NO. The van der Waals surface area contributed by atoms with E-state index in [0.29, 0.717) is 0 Å². The van der Waals surface area contributed by atoms with Gasteiger partial charge in [-0.05, 0) is 31.0 Å². The molecule has 0 unspecified atom stereocenters. The SMILES string of the molecule is CCCNCc1ccc(COCC)cc1. The predicted octanol–water partition coefficient (Wildman–Crippen LogP) is 2.72. The third-order valence-corrected chi connectivity index (χ3v) is 2.25. The summed E-state index contributed by atoms with van der Waals surface area (Å²) in [5, 5.41) is 3.38. The fourth-order valence-electron chi connectivity index (χ4n) is 1.38. The first-order valence-electron chi connectivity index (χ1n) is 5.73. The van der Waals surface area contributed by atoms with Gasteiger partial charge in [0.1, 0.15) is 0 Å². The van der Waals surface area contributed by atoms with Crippen molar-refractivity contribution in [1.29, 1.82) is 0 Å². The van der Waals surface area contributed by atoms with Crippen molar-refractivity contribution in [2.75, 3.05) is 13.2 Å². The quantitative estimate of drug-likeness (QED) is 0.694. The van der Waals surface area contributed by atoms with Gasteiger partial charge in [0.2, 0.25) is 0 Å². The Labute approximate surface area is 92.6 Å². The van der Waals surface area contributed by atoms with E-state index < -0.39 is 0 Å². The van der Waals surface area contributed by atoms with E-state index in [4.69, 9.17) is 4.74 Å². The lowest BCUT2D eigenvalue weighted by atomic mass is 10.1. The average Bonchev–Trinajstić information content (AvgIpc) is 2.28. The molecule has 84 valence electrons. The summed E-state index contributed by atoms with van der Waals surface area (Å²) in [7, 11) is 0. The molecule has 2 nitrogen and oxygen atoms in total. The molecule has 1 aromatic carbocycles. The summed E-state index contributed by atoms with van der Waals surface area (Å²) >= 11 is 0. The Balaban J connectivity index is 2.35. The molecule has 0 saturated heterocycles. The third kappa shape index (κ3) is 4.96. The first-order valence-corrected chi connectivity index (χ1v) is 5.73.